The molecule has 1 N–H and O–H groups in total. The monoisotopic (exact) mass is 386 g/mol. The molecular formula is C21H26N2O5. The Morgan fingerprint density at radius 2 is 1.86 bits per heavy atom. The molecule has 2 heterocycles. The smallest absolute Gasteiger partial charge is 0.408 e. The van der Waals surface area contributed by atoms with Crippen LogP contribution in [0.2, 0.25) is 0 Å². The van der Waals surface area contributed by atoms with Crippen molar-refractivity contribution < 1.29 is 18.7 Å². The fourth-order valence-electron chi connectivity index (χ4n) is 3.18. The highest BCUT2D eigenvalue weighted by Gasteiger charge is 2.19. The van der Waals surface area contributed by atoms with E-state index in [4.69, 9.17) is 9.15 Å². The first-order valence-electron chi connectivity index (χ1n) is 9.56. The van der Waals surface area contributed by atoms with Gasteiger partial charge in [0, 0.05) is 24.7 Å². The highest BCUT2D eigenvalue weighted by molar-refractivity contribution is 5.97. The second kappa shape index (κ2) is 8.04. The maximum atomic E-state index is 12.6. The number of piperidine rings is 1. The molecule has 0 spiro atoms. The Morgan fingerprint density at radius 3 is 2.54 bits per heavy atom. The van der Waals surface area contributed by atoms with Crippen LogP contribution in [-0.4, -0.2) is 35.6 Å². The second-order valence-corrected chi connectivity index (χ2v) is 8.00. The summed E-state index contributed by atoms with van der Waals surface area (Å²) >= 11 is 0. The molecule has 7 nitrogen and oxygen atoms in total. The highest BCUT2D eigenvalue weighted by Crippen LogP contribution is 2.18. The Balaban J connectivity index is 1.76. The van der Waals surface area contributed by atoms with Gasteiger partial charge in [0.15, 0.2) is 5.43 Å². The molecule has 0 atom stereocenters. The number of amides is 2. The van der Waals surface area contributed by atoms with Gasteiger partial charge in [-0.25, -0.2) is 4.79 Å². The predicted octanol–water partition coefficient (Wildman–Crippen LogP) is 3.44. The lowest BCUT2D eigenvalue weighted by atomic mass is 10.1. The Labute approximate surface area is 163 Å². The SMILES string of the molecule is CC(C)(C)OC(=O)NCc1cc(=O)c2cc(C(=O)N3CCCCC3)ccc2o1. The summed E-state index contributed by atoms with van der Waals surface area (Å²) in [5.41, 5.74) is 0.00606. The molecule has 0 radical (unpaired) electrons. The van der Waals surface area contributed by atoms with E-state index in [1.807, 2.05) is 4.90 Å². The number of rotatable bonds is 3. The molecule has 1 fully saturated rings. The Hall–Kier alpha value is -2.83. The average molecular weight is 386 g/mol. The third-order valence-corrected chi connectivity index (χ3v) is 4.47. The first-order valence-corrected chi connectivity index (χ1v) is 9.56. The first kappa shape index (κ1) is 19.9. The zero-order valence-electron chi connectivity index (χ0n) is 16.5. The molecule has 7 heteroatoms. The topological polar surface area (TPSA) is 88.8 Å². The zero-order chi connectivity index (χ0) is 20.3. The normalized spacial score (nSPS) is 14.8. The van der Waals surface area contributed by atoms with E-state index in [9.17, 15) is 14.4 Å². The molecule has 28 heavy (non-hydrogen) atoms. The van der Waals surface area contributed by atoms with Crippen molar-refractivity contribution in [3.05, 3.63) is 45.8 Å². The Kier molecular flexibility index (Phi) is 5.72. The number of ether oxygens (including phenoxy) is 1. The van der Waals surface area contributed by atoms with Gasteiger partial charge < -0.3 is 19.4 Å². The average Bonchev–Trinajstić information content (AvgIpc) is 2.65. The number of hydrogen-bond acceptors (Lipinski definition) is 5. The molecule has 2 aromatic rings. The fraction of sp³-hybridized carbons (Fsp3) is 0.476. The summed E-state index contributed by atoms with van der Waals surface area (Å²) in [4.78, 5) is 38.7. The van der Waals surface area contributed by atoms with E-state index in [1.165, 1.54) is 6.07 Å². The van der Waals surface area contributed by atoms with Crippen LogP contribution in [0.3, 0.4) is 0 Å². The molecule has 0 unspecified atom stereocenters. The van der Waals surface area contributed by atoms with Crippen molar-refractivity contribution in [2.24, 2.45) is 0 Å². The number of nitrogens with zero attached hydrogens (tertiary/aromatic N) is 1. The van der Waals surface area contributed by atoms with Crippen LogP contribution in [0.5, 0.6) is 0 Å². The molecule has 0 saturated carbocycles. The summed E-state index contributed by atoms with van der Waals surface area (Å²) < 4.78 is 10.9. The number of carbonyl (C=O) groups excluding carboxylic acids is 2. The van der Waals surface area contributed by atoms with Crippen LogP contribution in [0.15, 0.2) is 33.5 Å². The van der Waals surface area contributed by atoms with Gasteiger partial charge in [0.1, 0.15) is 16.9 Å². The largest absolute Gasteiger partial charge is 0.459 e. The lowest BCUT2D eigenvalue weighted by Crippen LogP contribution is -2.35. The maximum absolute atomic E-state index is 12.6. The second-order valence-electron chi connectivity index (χ2n) is 8.00. The standard InChI is InChI=1S/C21H26N2O5/c1-21(2,3)28-20(26)22-13-15-12-17(24)16-11-14(7-8-18(16)27-15)19(25)23-9-5-4-6-10-23/h7-8,11-12H,4-6,9-10,13H2,1-3H3,(H,22,26). The molecule has 1 aromatic carbocycles. The van der Waals surface area contributed by atoms with Crippen LogP contribution in [0.4, 0.5) is 4.79 Å². The van der Waals surface area contributed by atoms with Gasteiger partial charge >= 0.3 is 6.09 Å². The Bertz CT molecular complexity index is 936. The number of fused-ring (bicyclic) bond motifs is 1. The Morgan fingerprint density at radius 1 is 1.14 bits per heavy atom. The van der Waals surface area contributed by atoms with Crippen molar-refractivity contribution in [1.29, 1.82) is 0 Å². The number of hydrogen-bond donors (Lipinski definition) is 1. The van der Waals surface area contributed by atoms with Gasteiger partial charge in [0.2, 0.25) is 0 Å². The molecule has 1 aliphatic heterocycles. The van der Waals surface area contributed by atoms with Crippen molar-refractivity contribution in [1.82, 2.24) is 10.2 Å². The van der Waals surface area contributed by atoms with Crippen molar-refractivity contribution in [3.8, 4) is 0 Å². The number of alkyl carbamates (subject to hydrolysis) is 1. The molecule has 1 saturated heterocycles. The van der Waals surface area contributed by atoms with E-state index < -0.39 is 11.7 Å². The molecule has 0 aliphatic carbocycles. The minimum Gasteiger partial charge on any atom is -0.459 e. The molecule has 0 bridgehead atoms. The van der Waals surface area contributed by atoms with Crippen molar-refractivity contribution in [3.63, 3.8) is 0 Å². The van der Waals surface area contributed by atoms with Gasteiger partial charge in [-0.3, -0.25) is 9.59 Å². The number of likely N-dealkylation sites (tertiary alicyclic amines) is 1. The van der Waals surface area contributed by atoms with Gasteiger partial charge in [-0.1, -0.05) is 0 Å². The van der Waals surface area contributed by atoms with Crippen molar-refractivity contribution in [2.45, 2.75) is 52.2 Å². The van der Waals surface area contributed by atoms with Gasteiger partial charge in [-0.2, -0.15) is 0 Å². The molecular weight excluding hydrogens is 360 g/mol. The van der Waals surface area contributed by atoms with Crippen LogP contribution in [0, 0.1) is 0 Å². The summed E-state index contributed by atoms with van der Waals surface area (Å²) in [6.07, 6.45) is 2.58. The van der Waals surface area contributed by atoms with Crippen LogP contribution in [0.1, 0.15) is 56.2 Å². The number of benzene rings is 1. The first-order chi connectivity index (χ1) is 13.2. The summed E-state index contributed by atoms with van der Waals surface area (Å²) in [7, 11) is 0. The quantitative estimate of drug-likeness (QED) is 0.873. The minimum absolute atomic E-state index is 0.0363. The van der Waals surface area contributed by atoms with Crippen molar-refractivity contribution in [2.75, 3.05) is 13.1 Å². The van der Waals surface area contributed by atoms with Crippen LogP contribution in [0.25, 0.3) is 11.0 Å². The van der Waals surface area contributed by atoms with Crippen LogP contribution >= 0.6 is 0 Å². The third-order valence-electron chi connectivity index (χ3n) is 4.47. The summed E-state index contributed by atoms with van der Waals surface area (Å²) in [6.45, 7) is 6.85. The highest BCUT2D eigenvalue weighted by atomic mass is 16.6. The number of nitrogens with one attached hydrogen (secondary N) is 1. The van der Waals surface area contributed by atoms with E-state index in [-0.39, 0.29) is 17.9 Å². The van der Waals surface area contributed by atoms with E-state index in [0.29, 0.717) is 22.3 Å². The van der Waals surface area contributed by atoms with Gasteiger partial charge in [0.05, 0.1) is 11.9 Å². The minimum atomic E-state index is -0.606. The third kappa shape index (κ3) is 4.91. The predicted molar refractivity (Wildman–Crippen MR) is 105 cm³/mol. The zero-order valence-corrected chi connectivity index (χ0v) is 16.5. The summed E-state index contributed by atoms with van der Waals surface area (Å²) in [6, 6.07) is 6.22. The maximum Gasteiger partial charge on any atom is 0.408 e. The molecule has 1 aromatic heterocycles. The van der Waals surface area contributed by atoms with Crippen molar-refractivity contribution >= 4 is 23.0 Å². The molecule has 2 amide bonds. The summed E-state index contributed by atoms with van der Waals surface area (Å²) in [5, 5.41) is 2.92. The van der Waals surface area contributed by atoms with Gasteiger partial charge in [-0.05, 0) is 58.2 Å². The fourth-order valence-corrected chi connectivity index (χ4v) is 3.18. The van der Waals surface area contributed by atoms with E-state index in [1.54, 1.807) is 39.0 Å². The molecule has 1 aliphatic rings. The van der Waals surface area contributed by atoms with Crippen LogP contribution < -0.4 is 10.7 Å². The van der Waals surface area contributed by atoms with E-state index in [2.05, 4.69) is 5.32 Å². The van der Waals surface area contributed by atoms with E-state index in [0.717, 1.165) is 32.4 Å². The van der Waals surface area contributed by atoms with Gasteiger partial charge in [-0.15, -0.1) is 0 Å². The molecule has 150 valence electrons. The van der Waals surface area contributed by atoms with E-state index >= 15 is 0 Å². The van der Waals surface area contributed by atoms with Crippen LogP contribution in [-0.2, 0) is 11.3 Å². The molecule has 3 rings (SSSR count). The summed E-state index contributed by atoms with van der Waals surface area (Å²) in [5.74, 6) is 0.259. The van der Waals surface area contributed by atoms with Gasteiger partial charge in [0.25, 0.3) is 5.91 Å². The number of carbonyl (C=O) groups is 2. The lowest BCUT2D eigenvalue weighted by Gasteiger charge is -2.26. The lowest BCUT2D eigenvalue weighted by molar-refractivity contribution is 0.0519.